The zero-order valence-corrected chi connectivity index (χ0v) is 10.9. The van der Waals surface area contributed by atoms with Gasteiger partial charge in [-0.15, -0.1) is 0 Å². The average molecular weight is 252 g/mol. The van der Waals surface area contributed by atoms with Crippen molar-refractivity contribution < 1.29 is 14.2 Å². The van der Waals surface area contributed by atoms with Crippen LogP contribution in [0.25, 0.3) is 0 Å². The largest absolute Gasteiger partial charge is 0.497 e. The quantitative estimate of drug-likeness (QED) is 0.795. The van der Waals surface area contributed by atoms with Gasteiger partial charge in [0.25, 0.3) is 0 Å². The second kappa shape index (κ2) is 6.47. The van der Waals surface area contributed by atoms with E-state index in [0.717, 1.165) is 43.4 Å². The van der Waals surface area contributed by atoms with Gasteiger partial charge in [0.05, 0.1) is 12.8 Å². The topological polar surface area (TPSA) is 43.0 Å². The molecule has 5 heteroatoms. The summed E-state index contributed by atoms with van der Waals surface area (Å²) in [6.45, 7) is 4.17. The van der Waals surface area contributed by atoms with E-state index in [9.17, 15) is 0 Å². The molecule has 0 atom stereocenters. The van der Waals surface area contributed by atoms with Crippen molar-refractivity contribution in [3.63, 3.8) is 0 Å². The van der Waals surface area contributed by atoms with E-state index in [1.807, 2.05) is 18.2 Å². The van der Waals surface area contributed by atoms with Gasteiger partial charge >= 0.3 is 0 Å². The molecule has 0 aliphatic carbocycles. The summed E-state index contributed by atoms with van der Waals surface area (Å²) in [5, 5.41) is 3.34. The Labute approximate surface area is 108 Å². The third-order valence-electron chi connectivity index (χ3n) is 2.96. The van der Waals surface area contributed by atoms with E-state index in [-0.39, 0.29) is 6.79 Å². The first-order valence-electron chi connectivity index (χ1n) is 6.10. The molecule has 5 nitrogen and oxygen atoms in total. The van der Waals surface area contributed by atoms with E-state index >= 15 is 0 Å². The Kier molecular flexibility index (Phi) is 4.66. The van der Waals surface area contributed by atoms with Gasteiger partial charge in [-0.1, -0.05) is 0 Å². The summed E-state index contributed by atoms with van der Waals surface area (Å²) in [7, 11) is 3.29. The molecule has 0 unspecified atom stereocenters. The molecule has 0 radical (unpaired) electrons. The van der Waals surface area contributed by atoms with Crippen molar-refractivity contribution in [3.05, 3.63) is 18.2 Å². The van der Waals surface area contributed by atoms with Crippen LogP contribution in [0.3, 0.4) is 0 Å². The first-order valence-corrected chi connectivity index (χ1v) is 6.10. The molecule has 1 N–H and O–H groups in total. The molecule has 1 aromatic rings. The van der Waals surface area contributed by atoms with E-state index in [4.69, 9.17) is 14.2 Å². The molecule has 1 fully saturated rings. The van der Waals surface area contributed by atoms with E-state index in [2.05, 4.69) is 10.2 Å². The minimum atomic E-state index is 0.255. The third kappa shape index (κ3) is 3.05. The SMILES string of the molecule is COCOc1ccc(OC)cc1N1CCNCC1. The van der Waals surface area contributed by atoms with Crippen molar-refractivity contribution in [3.8, 4) is 11.5 Å². The third-order valence-corrected chi connectivity index (χ3v) is 2.96. The molecule has 0 saturated carbocycles. The molecule has 1 aliphatic rings. The summed E-state index contributed by atoms with van der Waals surface area (Å²) < 4.78 is 15.8. The van der Waals surface area contributed by atoms with E-state index in [0.29, 0.717) is 0 Å². The number of hydrogen-bond donors (Lipinski definition) is 1. The zero-order chi connectivity index (χ0) is 12.8. The standard InChI is InChI=1S/C13H20N2O3/c1-16-10-18-13-4-3-11(17-2)9-12(13)15-7-5-14-6-8-15/h3-4,9,14H,5-8,10H2,1-2H3. The fourth-order valence-corrected chi connectivity index (χ4v) is 2.02. The van der Waals surface area contributed by atoms with Crippen molar-refractivity contribution in [2.24, 2.45) is 0 Å². The maximum atomic E-state index is 5.60. The van der Waals surface area contributed by atoms with Crippen LogP contribution in [0.5, 0.6) is 11.5 Å². The predicted octanol–water partition coefficient (Wildman–Crippen LogP) is 1.09. The molecular formula is C13H20N2O3. The molecule has 0 spiro atoms. The van der Waals surface area contributed by atoms with Gasteiger partial charge in [-0.05, 0) is 12.1 Å². The molecule has 18 heavy (non-hydrogen) atoms. The van der Waals surface area contributed by atoms with Gasteiger partial charge in [0.15, 0.2) is 6.79 Å². The number of hydrogen-bond acceptors (Lipinski definition) is 5. The number of nitrogens with one attached hydrogen (secondary N) is 1. The van der Waals surface area contributed by atoms with Crippen molar-refractivity contribution >= 4 is 5.69 Å². The Balaban J connectivity index is 2.21. The van der Waals surface area contributed by atoms with Crippen LogP contribution >= 0.6 is 0 Å². The molecule has 2 rings (SSSR count). The Morgan fingerprint density at radius 1 is 1.22 bits per heavy atom. The highest BCUT2D eigenvalue weighted by atomic mass is 16.7. The van der Waals surface area contributed by atoms with Gasteiger partial charge in [-0.25, -0.2) is 0 Å². The summed E-state index contributed by atoms with van der Waals surface area (Å²) in [4.78, 5) is 2.30. The maximum absolute atomic E-state index is 5.60. The second-order valence-electron chi connectivity index (χ2n) is 4.12. The van der Waals surface area contributed by atoms with E-state index < -0.39 is 0 Å². The monoisotopic (exact) mass is 252 g/mol. The lowest BCUT2D eigenvalue weighted by Gasteiger charge is -2.31. The lowest BCUT2D eigenvalue weighted by Crippen LogP contribution is -2.43. The van der Waals surface area contributed by atoms with Gasteiger partial charge in [-0.3, -0.25) is 0 Å². The lowest BCUT2D eigenvalue weighted by molar-refractivity contribution is 0.0513. The molecule has 1 aromatic carbocycles. The second-order valence-corrected chi connectivity index (χ2v) is 4.12. The minimum Gasteiger partial charge on any atom is -0.497 e. The van der Waals surface area contributed by atoms with Crippen LogP contribution in [0.2, 0.25) is 0 Å². The van der Waals surface area contributed by atoms with Gasteiger partial charge in [0.1, 0.15) is 11.5 Å². The summed E-state index contributed by atoms with van der Waals surface area (Å²) in [5.41, 5.74) is 1.06. The predicted molar refractivity (Wildman–Crippen MR) is 70.6 cm³/mol. The molecule has 100 valence electrons. The summed E-state index contributed by atoms with van der Waals surface area (Å²) in [5.74, 6) is 1.67. The highest BCUT2D eigenvalue weighted by molar-refractivity contribution is 5.62. The Bertz CT molecular complexity index is 378. The molecular weight excluding hydrogens is 232 g/mol. The van der Waals surface area contributed by atoms with E-state index in [1.54, 1.807) is 14.2 Å². The number of methoxy groups -OCH3 is 2. The summed E-state index contributed by atoms with van der Waals surface area (Å²) >= 11 is 0. The zero-order valence-electron chi connectivity index (χ0n) is 10.9. The van der Waals surface area contributed by atoms with Crippen LogP contribution in [0.1, 0.15) is 0 Å². The Morgan fingerprint density at radius 3 is 2.67 bits per heavy atom. The molecule has 1 heterocycles. The number of ether oxygens (including phenoxy) is 3. The Hall–Kier alpha value is -1.46. The van der Waals surface area contributed by atoms with Gasteiger partial charge in [-0.2, -0.15) is 0 Å². The lowest BCUT2D eigenvalue weighted by atomic mass is 10.2. The van der Waals surface area contributed by atoms with Crippen molar-refractivity contribution in [1.82, 2.24) is 5.32 Å². The highest BCUT2D eigenvalue weighted by Gasteiger charge is 2.16. The van der Waals surface area contributed by atoms with Crippen LogP contribution in [0, 0.1) is 0 Å². The number of piperazine rings is 1. The number of rotatable bonds is 5. The fraction of sp³-hybridized carbons (Fsp3) is 0.538. The number of anilines is 1. The Morgan fingerprint density at radius 2 is 2.00 bits per heavy atom. The van der Waals surface area contributed by atoms with Crippen LogP contribution < -0.4 is 19.7 Å². The maximum Gasteiger partial charge on any atom is 0.188 e. The smallest absolute Gasteiger partial charge is 0.188 e. The minimum absolute atomic E-state index is 0.255. The average Bonchev–Trinajstić information content (AvgIpc) is 2.46. The number of benzene rings is 1. The normalized spacial score (nSPS) is 15.6. The van der Waals surface area contributed by atoms with Crippen molar-refractivity contribution in [2.45, 2.75) is 0 Å². The van der Waals surface area contributed by atoms with Crippen molar-refractivity contribution in [2.75, 3.05) is 52.1 Å². The van der Waals surface area contributed by atoms with Gasteiger partial charge < -0.3 is 24.4 Å². The fourth-order valence-electron chi connectivity index (χ4n) is 2.02. The summed E-state index contributed by atoms with van der Waals surface area (Å²) in [6.07, 6.45) is 0. The first-order chi connectivity index (χ1) is 8.85. The van der Waals surface area contributed by atoms with Gasteiger partial charge in [0, 0.05) is 39.4 Å². The molecule has 0 bridgehead atoms. The van der Waals surface area contributed by atoms with E-state index in [1.165, 1.54) is 0 Å². The first kappa shape index (κ1) is 13.0. The van der Waals surface area contributed by atoms with Crippen LogP contribution in [0.4, 0.5) is 5.69 Å². The van der Waals surface area contributed by atoms with Gasteiger partial charge in [0.2, 0.25) is 0 Å². The molecule has 0 amide bonds. The van der Waals surface area contributed by atoms with Crippen LogP contribution in [0.15, 0.2) is 18.2 Å². The molecule has 1 saturated heterocycles. The molecule has 0 aromatic heterocycles. The van der Waals surface area contributed by atoms with Crippen LogP contribution in [-0.4, -0.2) is 47.2 Å². The molecule has 1 aliphatic heterocycles. The summed E-state index contributed by atoms with van der Waals surface area (Å²) in [6, 6.07) is 5.84. The number of nitrogens with zero attached hydrogens (tertiary/aromatic N) is 1. The van der Waals surface area contributed by atoms with Crippen molar-refractivity contribution in [1.29, 1.82) is 0 Å². The van der Waals surface area contributed by atoms with Crippen LogP contribution in [-0.2, 0) is 4.74 Å². The highest BCUT2D eigenvalue weighted by Crippen LogP contribution is 2.32.